The zero-order chi connectivity index (χ0) is 9.26. The van der Waals surface area contributed by atoms with Crippen LogP contribution in [-0.2, 0) is 6.54 Å². The molecule has 0 bridgehead atoms. The molecule has 0 aliphatic rings. The number of hydrogen-bond acceptors (Lipinski definition) is 2. The largest absolute Gasteiger partial charge is 0.315 e. The molecule has 2 rings (SSSR count). The lowest BCUT2D eigenvalue weighted by molar-refractivity contribution is 0.630. The molecule has 0 saturated heterocycles. The summed E-state index contributed by atoms with van der Waals surface area (Å²) in [5.41, 5.74) is 0. The summed E-state index contributed by atoms with van der Waals surface area (Å²) in [5, 5.41) is 4.07. The fourth-order valence-corrected chi connectivity index (χ4v) is 2.39. The summed E-state index contributed by atoms with van der Waals surface area (Å²) >= 11 is 1.70. The maximum atomic E-state index is 12.8. The summed E-state index contributed by atoms with van der Waals surface area (Å²) in [6.07, 6.45) is 0. The third kappa shape index (κ3) is 1.71. The summed E-state index contributed by atoms with van der Waals surface area (Å²) in [6, 6.07) is 6.93. The zero-order valence-electron chi connectivity index (χ0n) is 7.30. The molecule has 1 nitrogen and oxygen atoms in total. The van der Waals surface area contributed by atoms with Gasteiger partial charge in [0, 0.05) is 16.1 Å². The molecule has 13 heavy (non-hydrogen) atoms. The Morgan fingerprint density at radius 3 is 3.00 bits per heavy atom. The van der Waals surface area contributed by atoms with Crippen molar-refractivity contribution in [2.45, 2.75) is 6.54 Å². The van der Waals surface area contributed by atoms with Crippen LogP contribution in [0.2, 0.25) is 0 Å². The lowest BCUT2D eigenvalue weighted by Gasteiger charge is -1.89. The lowest BCUT2D eigenvalue weighted by Crippen LogP contribution is -2.02. The maximum Gasteiger partial charge on any atom is 0.123 e. The van der Waals surface area contributed by atoms with Gasteiger partial charge in [0.05, 0.1) is 0 Å². The Labute approximate surface area is 80.2 Å². The Morgan fingerprint density at radius 1 is 1.38 bits per heavy atom. The quantitative estimate of drug-likeness (QED) is 0.777. The molecular formula is C10H10FNS. The first-order chi connectivity index (χ1) is 6.29. The van der Waals surface area contributed by atoms with Crippen molar-refractivity contribution in [2.24, 2.45) is 0 Å². The summed E-state index contributed by atoms with van der Waals surface area (Å²) in [4.78, 5) is 1.24. The molecule has 0 atom stereocenters. The van der Waals surface area contributed by atoms with E-state index in [9.17, 15) is 4.39 Å². The highest BCUT2D eigenvalue weighted by Gasteiger charge is 2.01. The highest BCUT2D eigenvalue weighted by molar-refractivity contribution is 7.19. The van der Waals surface area contributed by atoms with Gasteiger partial charge in [-0.3, -0.25) is 0 Å². The van der Waals surface area contributed by atoms with Gasteiger partial charge in [0.25, 0.3) is 0 Å². The van der Waals surface area contributed by atoms with Crippen LogP contribution in [0.4, 0.5) is 4.39 Å². The topological polar surface area (TPSA) is 12.0 Å². The highest BCUT2D eigenvalue weighted by atomic mass is 32.1. The zero-order valence-corrected chi connectivity index (χ0v) is 8.12. The minimum Gasteiger partial charge on any atom is -0.315 e. The number of fused-ring (bicyclic) bond motifs is 1. The predicted molar refractivity (Wildman–Crippen MR) is 54.5 cm³/mol. The normalized spacial score (nSPS) is 10.9. The van der Waals surface area contributed by atoms with Crippen LogP contribution in [0, 0.1) is 5.82 Å². The van der Waals surface area contributed by atoms with Gasteiger partial charge < -0.3 is 5.32 Å². The molecule has 1 aromatic carbocycles. The van der Waals surface area contributed by atoms with Crippen LogP contribution in [0.1, 0.15) is 4.88 Å². The Hall–Kier alpha value is -0.930. The summed E-state index contributed by atoms with van der Waals surface area (Å²) in [6.45, 7) is 0.848. The van der Waals surface area contributed by atoms with Crippen LogP contribution in [-0.4, -0.2) is 7.05 Å². The van der Waals surface area contributed by atoms with Crippen molar-refractivity contribution in [3.8, 4) is 0 Å². The molecule has 0 fully saturated rings. The van der Waals surface area contributed by atoms with Gasteiger partial charge in [-0.2, -0.15) is 0 Å². The van der Waals surface area contributed by atoms with E-state index in [2.05, 4.69) is 5.32 Å². The monoisotopic (exact) mass is 195 g/mol. The molecule has 0 saturated carbocycles. The van der Waals surface area contributed by atoms with Crippen LogP contribution >= 0.6 is 11.3 Å². The fourth-order valence-electron chi connectivity index (χ4n) is 1.33. The first-order valence-corrected chi connectivity index (χ1v) is 4.94. The van der Waals surface area contributed by atoms with Crippen molar-refractivity contribution in [3.05, 3.63) is 35.0 Å². The fraction of sp³-hybridized carbons (Fsp3) is 0.200. The number of thiophene rings is 1. The van der Waals surface area contributed by atoms with Crippen molar-refractivity contribution < 1.29 is 4.39 Å². The molecule has 0 amide bonds. The Balaban J connectivity index is 2.49. The van der Waals surface area contributed by atoms with Crippen LogP contribution < -0.4 is 5.32 Å². The first-order valence-electron chi connectivity index (χ1n) is 4.12. The predicted octanol–water partition coefficient (Wildman–Crippen LogP) is 2.76. The van der Waals surface area contributed by atoms with Crippen LogP contribution in [0.5, 0.6) is 0 Å². The molecule has 1 N–H and O–H groups in total. The van der Waals surface area contributed by atoms with Crippen molar-refractivity contribution in [3.63, 3.8) is 0 Å². The minimum atomic E-state index is -0.165. The smallest absolute Gasteiger partial charge is 0.123 e. The number of halogens is 1. The SMILES string of the molecule is CNCc1cc2cc(F)ccc2s1. The molecule has 1 heterocycles. The van der Waals surface area contributed by atoms with E-state index in [-0.39, 0.29) is 5.82 Å². The molecule has 2 aromatic rings. The minimum absolute atomic E-state index is 0.165. The standard InChI is InChI=1S/C10H10FNS/c1-12-6-9-5-7-4-8(11)2-3-10(7)13-9/h2-5,12H,6H2,1H3. The van der Waals surface area contributed by atoms with E-state index in [1.165, 1.54) is 10.9 Å². The van der Waals surface area contributed by atoms with Gasteiger partial charge in [-0.25, -0.2) is 4.39 Å². The summed E-state index contributed by atoms with van der Waals surface area (Å²) < 4.78 is 14.0. The van der Waals surface area contributed by atoms with Gasteiger partial charge >= 0.3 is 0 Å². The molecule has 3 heteroatoms. The first kappa shape index (κ1) is 8.66. The number of benzene rings is 1. The van der Waals surface area contributed by atoms with Gasteiger partial charge in [0.1, 0.15) is 5.82 Å². The number of hydrogen-bond donors (Lipinski definition) is 1. The highest BCUT2D eigenvalue weighted by Crippen LogP contribution is 2.25. The molecule has 0 aliphatic carbocycles. The Morgan fingerprint density at radius 2 is 2.23 bits per heavy atom. The van der Waals surface area contributed by atoms with Crippen molar-refractivity contribution in [1.82, 2.24) is 5.32 Å². The maximum absolute atomic E-state index is 12.8. The van der Waals surface area contributed by atoms with E-state index in [0.717, 1.165) is 16.6 Å². The van der Waals surface area contributed by atoms with Gasteiger partial charge in [0.15, 0.2) is 0 Å². The third-order valence-electron chi connectivity index (χ3n) is 1.88. The average molecular weight is 195 g/mol. The Bertz CT molecular complexity index is 422. The number of nitrogens with one attached hydrogen (secondary N) is 1. The molecule has 0 spiro atoms. The van der Waals surface area contributed by atoms with Crippen molar-refractivity contribution >= 4 is 21.4 Å². The lowest BCUT2D eigenvalue weighted by atomic mass is 10.2. The van der Waals surface area contributed by atoms with E-state index >= 15 is 0 Å². The van der Waals surface area contributed by atoms with Gasteiger partial charge in [0.2, 0.25) is 0 Å². The van der Waals surface area contributed by atoms with Gasteiger partial charge in [-0.05, 0) is 36.7 Å². The summed E-state index contributed by atoms with van der Waals surface area (Å²) in [7, 11) is 1.91. The molecule has 0 aliphatic heterocycles. The second-order valence-electron chi connectivity index (χ2n) is 2.93. The van der Waals surface area contributed by atoms with E-state index in [4.69, 9.17) is 0 Å². The molecule has 0 unspecified atom stereocenters. The Kier molecular flexibility index (Phi) is 2.29. The second-order valence-corrected chi connectivity index (χ2v) is 4.09. The van der Waals surface area contributed by atoms with E-state index in [1.807, 2.05) is 19.2 Å². The molecule has 1 aromatic heterocycles. The average Bonchev–Trinajstić information content (AvgIpc) is 2.46. The molecule has 68 valence electrons. The summed E-state index contributed by atoms with van der Waals surface area (Å²) in [5.74, 6) is -0.165. The second kappa shape index (κ2) is 3.44. The third-order valence-corrected chi connectivity index (χ3v) is 3.00. The van der Waals surface area contributed by atoms with E-state index in [0.29, 0.717) is 0 Å². The number of rotatable bonds is 2. The molecule has 0 radical (unpaired) electrons. The van der Waals surface area contributed by atoms with Gasteiger partial charge in [-0.1, -0.05) is 0 Å². The van der Waals surface area contributed by atoms with Crippen LogP contribution in [0.3, 0.4) is 0 Å². The van der Waals surface area contributed by atoms with Crippen LogP contribution in [0.25, 0.3) is 10.1 Å². The van der Waals surface area contributed by atoms with Crippen molar-refractivity contribution in [1.29, 1.82) is 0 Å². The van der Waals surface area contributed by atoms with Gasteiger partial charge in [-0.15, -0.1) is 11.3 Å². The molecular weight excluding hydrogens is 185 g/mol. The van der Waals surface area contributed by atoms with E-state index < -0.39 is 0 Å². The van der Waals surface area contributed by atoms with Crippen molar-refractivity contribution in [2.75, 3.05) is 7.05 Å². The van der Waals surface area contributed by atoms with E-state index in [1.54, 1.807) is 17.4 Å². The van der Waals surface area contributed by atoms with Crippen LogP contribution in [0.15, 0.2) is 24.3 Å².